The Morgan fingerprint density at radius 3 is 2.62 bits per heavy atom. The van der Waals surface area contributed by atoms with E-state index in [0.717, 1.165) is 6.20 Å². The summed E-state index contributed by atoms with van der Waals surface area (Å²) in [6, 6.07) is 0. The van der Waals surface area contributed by atoms with Crippen LogP contribution in [0.2, 0.25) is 0 Å². The Bertz CT molecular complexity index is 317. The molecule has 0 amide bonds. The number of nitrogens with two attached hydrogens (primary N) is 1. The Labute approximate surface area is 71.1 Å². The standard InChI is InChI=1S/C6H6F3N3O/c7-6(8,9)3-12-5(10)4(2-13)1-11-12/h1-2H,3,10H2. The fraction of sp³-hybridized carbons (Fsp3) is 0.333. The summed E-state index contributed by atoms with van der Waals surface area (Å²) in [5.41, 5.74) is 5.15. The predicted octanol–water partition coefficient (Wildman–Crippen LogP) is 0.840. The minimum Gasteiger partial charge on any atom is -0.383 e. The smallest absolute Gasteiger partial charge is 0.383 e. The van der Waals surface area contributed by atoms with E-state index in [1.54, 1.807) is 0 Å². The first-order valence-corrected chi connectivity index (χ1v) is 3.27. The average molecular weight is 193 g/mol. The molecule has 4 nitrogen and oxygen atoms in total. The number of halogens is 3. The van der Waals surface area contributed by atoms with Crippen LogP contribution in [-0.4, -0.2) is 22.2 Å². The van der Waals surface area contributed by atoms with E-state index in [1.165, 1.54) is 0 Å². The van der Waals surface area contributed by atoms with Gasteiger partial charge in [0.15, 0.2) is 6.29 Å². The Balaban J connectivity index is 2.90. The molecular weight excluding hydrogens is 187 g/mol. The zero-order chi connectivity index (χ0) is 10.1. The van der Waals surface area contributed by atoms with Gasteiger partial charge in [-0.2, -0.15) is 18.3 Å². The Hall–Kier alpha value is -1.53. The SMILES string of the molecule is Nc1c(C=O)cnn1CC(F)(F)F. The second-order valence-corrected chi connectivity index (χ2v) is 2.38. The lowest BCUT2D eigenvalue weighted by Crippen LogP contribution is -2.20. The van der Waals surface area contributed by atoms with E-state index in [0.29, 0.717) is 11.0 Å². The van der Waals surface area contributed by atoms with Crippen LogP contribution in [-0.2, 0) is 6.54 Å². The molecule has 0 aliphatic heterocycles. The molecule has 0 radical (unpaired) electrons. The van der Waals surface area contributed by atoms with Gasteiger partial charge in [0, 0.05) is 0 Å². The van der Waals surface area contributed by atoms with Crippen LogP contribution in [0.25, 0.3) is 0 Å². The first kappa shape index (κ1) is 9.56. The van der Waals surface area contributed by atoms with E-state index in [9.17, 15) is 18.0 Å². The molecule has 0 spiro atoms. The van der Waals surface area contributed by atoms with Gasteiger partial charge in [-0.3, -0.25) is 4.79 Å². The Morgan fingerprint density at radius 1 is 1.62 bits per heavy atom. The summed E-state index contributed by atoms with van der Waals surface area (Å²) in [7, 11) is 0. The van der Waals surface area contributed by atoms with Crippen LogP contribution < -0.4 is 5.73 Å². The maximum Gasteiger partial charge on any atom is 0.408 e. The first-order valence-electron chi connectivity index (χ1n) is 3.27. The van der Waals surface area contributed by atoms with E-state index < -0.39 is 12.7 Å². The molecule has 0 unspecified atom stereocenters. The molecule has 72 valence electrons. The van der Waals surface area contributed by atoms with Crippen molar-refractivity contribution in [3.63, 3.8) is 0 Å². The monoisotopic (exact) mass is 193 g/mol. The number of nitrogens with zero attached hydrogens (tertiary/aromatic N) is 2. The lowest BCUT2D eigenvalue weighted by molar-refractivity contribution is -0.142. The number of carbonyl (C=O) groups excluding carboxylic acids is 1. The van der Waals surface area contributed by atoms with Crippen molar-refractivity contribution in [2.24, 2.45) is 0 Å². The summed E-state index contributed by atoms with van der Waals surface area (Å²) in [6.07, 6.45) is -3.04. The van der Waals surface area contributed by atoms with E-state index in [4.69, 9.17) is 5.73 Å². The number of nitrogen functional groups attached to an aromatic ring is 1. The molecule has 7 heteroatoms. The number of rotatable bonds is 2. The molecule has 0 aromatic carbocycles. The molecule has 0 saturated carbocycles. The highest BCUT2D eigenvalue weighted by atomic mass is 19.4. The number of alkyl halides is 3. The molecule has 1 rings (SSSR count). The van der Waals surface area contributed by atoms with Gasteiger partial charge in [0.1, 0.15) is 12.4 Å². The van der Waals surface area contributed by atoms with Crippen molar-refractivity contribution < 1.29 is 18.0 Å². The van der Waals surface area contributed by atoms with E-state index in [-0.39, 0.29) is 11.4 Å². The second kappa shape index (κ2) is 3.08. The number of aromatic nitrogens is 2. The van der Waals surface area contributed by atoms with Crippen molar-refractivity contribution in [3.05, 3.63) is 11.8 Å². The molecule has 0 fully saturated rings. The van der Waals surface area contributed by atoms with Crippen molar-refractivity contribution >= 4 is 12.1 Å². The van der Waals surface area contributed by atoms with Crippen LogP contribution >= 0.6 is 0 Å². The maximum atomic E-state index is 11.8. The molecular formula is C6H6F3N3O. The third kappa shape index (κ3) is 2.20. The fourth-order valence-corrected chi connectivity index (χ4v) is 0.796. The Morgan fingerprint density at radius 2 is 2.23 bits per heavy atom. The highest BCUT2D eigenvalue weighted by molar-refractivity contribution is 5.81. The van der Waals surface area contributed by atoms with Crippen LogP contribution in [0.4, 0.5) is 19.0 Å². The maximum absolute atomic E-state index is 11.8. The molecule has 2 N–H and O–H groups in total. The van der Waals surface area contributed by atoms with Crippen molar-refractivity contribution in [1.29, 1.82) is 0 Å². The summed E-state index contributed by atoms with van der Waals surface area (Å²) in [5, 5.41) is 3.31. The quantitative estimate of drug-likeness (QED) is 0.708. The van der Waals surface area contributed by atoms with Crippen LogP contribution in [0, 0.1) is 0 Å². The summed E-state index contributed by atoms with van der Waals surface area (Å²) in [4.78, 5) is 10.2. The van der Waals surface area contributed by atoms with Crippen molar-refractivity contribution in [3.8, 4) is 0 Å². The first-order chi connectivity index (χ1) is 5.94. The average Bonchev–Trinajstić information content (AvgIpc) is 2.30. The summed E-state index contributed by atoms with van der Waals surface area (Å²) in [6.45, 7) is -1.29. The van der Waals surface area contributed by atoms with E-state index in [1.807, 2.05) is 0 Å². The van der Waals surface area contributed by atoms with Gasteiger partial charge in [-0.15, -0.1) is 0 Å². The molecule has 1 heterocycles. The molecule has 0 aliphatic rings. The summed E-state index contributed by atoms with van der Waals surface area (Å²) in [5.74, 6) is -0.271. The van der Waals surface area contributed by atoms with Gasteiger partial charge in [0.25, 0.3) is 0 Å². The minimum atomic E-state index is -4.39. The van der Waals surface area contributed by atoms with E-state index >= 15 is 0 Å². The van der Waals surface area contributed by atoms with Crippen molar-refractivity contribution in [2.45, 2.75) is 12.7 Å². The lowest BCUT2D eigenvalue weighted by atomic mass is 10.4. The highest BCUT2D eigenvalue weighted by Crippen LogP contribution is 2.19. The number of hydrogen-bond acceptors (Lipinski definition) is 3. The molecule has 13 heavy (non-hydrogen) atoms. The summed E-state index contributed by atoms with van der Waals surface area (Å²) < 4.78 is 36.0. The molecule has 1 aromatic rings. The molecule has 1 aromatic heterocycles. The van der Waals surface area contributed by atoms with Gasteiger partial charge in [-0.05, 0) is 0 Å². The fourth-order valence-electron chi connectivity index (χ4n) is 0.796. The topological polar surface area (TPSA) is 60.9 Å². The van der Waals surface area contributed by atoms with Crippen LogP contribution in [0.15, 0.2) is 6.20 Å². The third-order valence-electron chi connectivity index (χ3n) is 1.37. The molecule has 0 saturated heterocycles. The molecule has 0 atom stereocenters. The van der Waals surface area contributed by atoms with Gasteiger partial charge in [-0.25, -0.2) is 4.68 Å². The van der Waals surface area contributed by atoms with E-state index in [2.05, 4.69) is 5.10 Å². The van der Waals surface area contributed by atoms with Crippen LogP contribution in [0.5, 0.6) is 0 Å². The lowest BCUT2D eigenvalue weighted by Gasteiger charge is -2.07. The number of anilines is 1. The zero-order valence-electron chi connectivity index (χ0n) is 6.38. The largest absolute Gasteiger partial charge is 0.408 e. The van der Waals surface area contributed by atoms with Crippen LogP contribution in [0.3, 0.4) is 0 Å². The van der Waals surface area contributed by atoms with Gasteiger partial charge < -0.3 is 5.73 Å². The van der Waals surface area contributed by atoms with Crippen molar-refractivity contribution in [2.75, 3.05) is 5.73 Å². The second-order valence-electron chi connectivity index (χ2n) is 2.38. The zero-order valence-corrected chi connectivity index (χ0v) is 6.38. The normalized spacial score (nSPS) is 11.6. The van der Waals surface area contributed by atoms with Gasteiger partial charge in [-0.1, -0.05) is 0 Å². The predicted molar refractivity (Wildman–Crippen MR) is 38.1 cm³/mol. The molecule has 0 aliphatic carbocycles. The van der Waals surface area contributed by atoms with Gasteiger partial charge >= 0.3 is 6.18 Å². The third-order valence-corrected chi connectivity index (χ3v) is 1.37. The number of hydrogen-bond donors (Lipinski definition) is 1. The van der Waals surface area contributed by atoms with Crippen molar-refractivity contribution in [1.82, 2.24) is 9.78 Å². The summed E-state index contributed by atoms with van der Waals surface area (Å²) >= 11 is 0. The number of carbonyl (C=O) groups is 1. The molecule has 0 bridgehead atoms. The highest BCUT2D eigenvalue weighted by Gasteiger charge is 2.29. The van der Waals surface area contributed by atoms with Gasteiger partial charge in [0.2, 0.25) is 0 Å². The van der Waals surface area contributed by atoms with Crippen LogP contribution in [0.1, 0.15) is 10.4 Å². The minimum absolute atomic E-state index is 0.0377. The number of aldehydes is 1. The Kier molecular flexibility index (Phi) is 2.26. The van der Waals surface area contributed by atoms with Gasteiger partial charge in [0.05, 0.1) is 11.8 Å².